The van der Waals surface area contributed by atoms with Gasteiger partial charge >= 0.3 is 0 Å². The molecule has 0 aliphatic carbocycles. The summed E-state index contributed by atoms with van der Waals surface area (Å²) in [6.07, 6.45) is 4.58. The minimum atomic E-state index is -0.776. The van der Waals surface area contributed by atoms with Gasteiger partial charge in [-0.15, -0.1) is 0 Å². The van der Waals surface area contributed by atoms with E-state index in [0.717, 1.165) is 27.9 Å². The maximum absolute atomic E-state index is 14.2. The highest BCUT2D eigenvalue weighted by atomic mass is 19.1. The number of carbonyl (C=O) groups excluding carboxylic acids is 6. The quantitative estimate of drug-likeness (QED) is 0.110. The zero-order valence-electron chi connectivity index (χ0n) is 38.0. The summed E-state index contributed by atoms with van der Waals surface area (Å²) in [5.41, 5.74) is 5.31. The second-order valence-electron chi connectivity index (χ2n) is 18.1. The van der Waals surface area contributed by atoms with E-state index in [2.05, 4.69) is 15.5 Å². The monoisotopic (exact) mass is 917 g/mol. The third kappa shape index (κ3) is 10.1. The standard InChI is InChI=1S/C54H56FN7O6/c55-41-23-29-44(30-24-41)58(35-37-19-25-42(26-20-37)56-51(65)45-15-7-31-59(45)53(67)49(39-11-3-1-4-12-39)61-33-9-17-47(61)63)36-38-21-27-43(28-22-38)57-52(66)46-16-8-32-60(46)54(68)50(40-13-5-2-6-14-40)62-34-10-18-48(62)64/h1-6,11-14,19-30,45-46,49-50H,7-10,15-18,31-36H2,(H,56,65)(H,57,66)/t45?,46?,49-,50-/m0/s1. The number of rotatable bonds is 15. The molecule has 2 unspecified atom stereocenters. The largest absolute Gasteiger partial charge is 0.363 e. The van der Waals surface area contributed by atoms with Crippen molar-refractivity contribution in [2.75, 3.05) is 41.7 Å². The third-order valence-electron chi connectivity index (χ3n) is 13.6. The third-order valence-corrected chi connectivity index (χ3v) is 13.6. The molecule has 2 N–H and O–H groups in total. The molecule has 0 saturated carbocycles. The van der Waals surface area contributed by atoms with E-state index in [1.807, 2.05) is 109 Å². The summed E-state index contributed by atoms with van der Waals surface area (Å²) in [5, 5.41) is 6.04. The molecule has 5 aromatic rings. The fourth-order valence-electron chi connectivity index (χ4n) is 10.2. The first-order valence-corrected chi connectivity index (χ1v) is 23.7. The molecule has 350 valence electrons. The van der Waals surface area contributed by atoms with Crippen LogP contribution in [0.2, 0.25) is 0 Å². The number of likely N-dealkylation sites (tertiary alicyclic amines) is 4. The van der Waals surface area contributed by atoms with Crippen LogP contribution in [0.4, 0.5) is 21.5 Å². The van der Waals surface area contributed by atoms with Crippen molar-refractivity contribution in [3.63, 3.8) is 0 Å². The van der Waals surface area contributed by atoms with Crippen molar-refractivity contribution < 1.29 is 33.2 Å². The molecule has 0 radical (unpaired) electrons. The SMILES string of the molecule is O=C(Nc1ccc(CN(Cc2ccc(NC(=O)C3CCCN3C(=O)[C@H](c3ccccc3)N3CCCC3=O)cc2)c2ccc(F)cc2)cc1)C1CCCN1C(=O)[C@H](c1ccccc1)N1CCCC1=O. The second kappa shape index (κ2) is 20.7. The van der Waals surface area contributed by atoms with E-state index in [9.17, 15) is 33.2 Å². The molecule has 6 amide bonds. The van der Waals surface area contributed by atoms with Crippen LogP contribution in [0, 0.1) is 5.82 Å². The number of anilines is 3. The number of halogens is 1. The molecule has 0 aromatic heterocycles. The van der Waals surface area contributed by atoms with Crippen LogP contribution in [0.1, 0.15) is 85.7 Å². The lowest BCUT2D eigenvalue weighted by atomic mass is 10.0. The molecule has 13 nitrogen and oxygen atoms in total. The summed E-state index contributed by atoms with van der Waals surface area (Å²) >= 11 is 0. The highest BCUT2D eigenvalue weighted by Gasteiger charge is 2.43. The van der Waals surface area contributed by atoms with Crippen molar-refractivity contribution >= 4 is 52.5 Å². The molecule has 0 spiro atoms. The van der Waals surface area contributed by atoms with E-state index < -0.39 is 24.2 Å². The minimum Gasteiger partial charge on any atom is -0.363 e. The van der Waals surface area contributed by atoms with Gasteiger partial charge in [-0.1, -0.05) is 84.9 Å². The molecular formula is C54H56FN7O6. The lowest BCUT2D eigenvalue weighted by Gasteiger charge is -2.33. The lowest BCUT2D eigenvalue weighted by Crippen LogP contribution is -2.49. The molecule has 5 aromatic carbocycles. The van der Waals surface area contributed by atoms with Gasteiger partial charge < -0.3 is 35.1 Å². The molecule has 4 saturated heterocycles. The lowest BCUT2D eigenvalue weighted by molar-refractivity contribution is -0.146. The molecule has 4 aliphatic rings. The number of hydrogen-bond acceptors (Lipinski definition) is 7. The first-order valence-electron chi connectivity index (χ1n) is 23.7. The van der Waals surface area contributed by atoms with Gasteiger partial charge in [0, 0.05) is 69.2 Å². The van der Waals surface area contributed by atoms with E-state index >= 15 is 0 Å². The highest BCUT2D eigenvalue weighted by molar-refractivity contribution is 6.00. The second-order valence-corrected chi connectivity index (χ2v) is 18.1. The van der Waals surface area contributed by atoms with Crippen LogP contribution in [-0.2, 0) is 41.9 Å². The molecule has 68 heavy (non-hydrogen) atoms. The van der Waals surface area contributed by atoms with Gasteiger partial charge in [0.25, 0.3) is 11.8 Å². The van der Waals surface area contributed by atoms with Crippen LogP contribution in [0.25, 0.3) is 0 Å². The van der Waals surface area contributed by atoms with Crippen LogP contribution in [0.5, 0.6) is 0 Å². The molecule has 4 aliphatic heterocycles. The molecule has 9 rings (SSSR count). The first kappa shape index (κ1) is 45.8. The number of amides is 6. The Kier molecular flexibility index (Phi) is 13.9. The Labute approximate surface area is 395 Å². The predicted octanol–water partition coefficient (Wildman–Crippen LogP) is 7.62. The van der Waals surface area contributed by atoms with Crippen molar-refractivity contribution in [2.24, 2.45) is 0 Å². The first-order chi connectivity index (χ1) is 33.1. The summed E-state index contributed by atoms with van der Waals surface area (Å²) in [4.78, 5) is 90.3. The summed E-state index contributed by atoms with van der Waals surface area (Å²) in [7, 11) is 0. The molecular weight excluding hydrogens is 862 g/mol. The van der Waals surface area contributed by atoms with Gasteiger partial charge in [0.2, 0.25) is 23.6 Å². The number of carbonyl (C=O) groups is 6. The van der Waals surface area contributed by atoms with Crippen molar-refractivity contribution in [1.82, 2.24) is 19.6 Å². The Morgan fingerprint density at radius 3 is 1.32 bits per heavy atom. The van der Waals surface area contributed by atoms with E-state index in [4.69, 9.17) is 0 Å². The van der Waals surface area contributed by atoms with E-state index in [0.29, 0.717) is 102 Å². The van der Waals surface area contributed by atoms with Gasteiger partial charge in [-0.05, 0) is 109 Å². The zero-order chi connectivity index (χ0) is 47.1. The van der Waals surface area contributed by atoms with Crippen LogP contribution >= 0.6 is 0 Å². The van der Waals surface area contributed by atoms with Crippen molar-refractivity contribution in [1.29, 1.82) is 0 Å². The van der Waals surface area contributed by atoms with E-state index in [1.54, 1.807) is 31.7 Å². The van der Waals surface area contributed by atoms with Gasteiger partial charge in [-0.3, -0.25) is 28.8 Å². The van der Waals surface area contributed by atoms with Crippen LogP contribution in [0.3, 0.4) is 0 Å². The molecule has 14 heteroatoms. The van der Waals surface area contributed by atoms with Gasteiger partial charge in [0.05, 0.1) is 0 Å². The average Bonchev–Trinajstić information content (AvgIpc) is 4.21. The highest BCUT2D eigenvalue weighted by Crippen LogP contribution is 2.34. The topological polar surface area (TPSA) is 143 Å². The van der Waals surface area contributed by atoms with E-state index in [1.165, 1.54) is 12.1 Å². The summed E-state index contributed by atoms with van der Waals surface area (Å²) in [6.45, 7) is 2.77. The number of nitrogens with zero attached hydrogens (tertiary/aromatic N) is 5. The van der Waals surface area contributed by atoms with Crippen molar-refractivity contribution in [3.05, 3.63) is 162 Å². The van der Waals surface area contributed by atoms with Crippen molar-refractivity contribution in [3.8, 4) is 0 Å². The number of hydrogen-bond donors (Lipinski definition) is 2. The van der Waals surface area contributed by atoms with Crippen LogP contribution < -0.4 is 15.5 Å². The van der Waals surface area contributed by atoms with Crippen LogP contribution in [-0.4, -0.2) is 93.3 Å². The Morgan fingerprint density at radius 1 is 0.529 bits per heavy atom. The molecule has 4 atom stereocenters. The summed E-state index contributed by atoms with van der Waals surface area (Å²) in [5.74, 6) is -1.51. The van der Waals surface area contributed by atoms with E-state index in [-0.39, 0.29) is 41.3 Å². The fraction of sp³-hybridized carbons (Fsp3) is 0.333. The molecule has 4 heterocycles. The Bertz CT molecular complexity index is 2460. The Balaban J connectivity index is 0.837. The van der Waals surface area contributed by atoms with Crippen molar-refractivity contribution in [2.45, 2.75) is 88.6 Å². The van der Waals surface area contributed by atoms with Gasteiger partial charge in [0.15, 0.2) is 0 Å². The summed E-state index contributed by atoms with van der Waals surface area (Å²) < 4.78 is 14.1. The van der Waals surface area contributed by atoms with Crippen LogP contribution in [0.15, 0.2) is 133 Å². The zero-order valence-corrected chi connectivity index (χ0v) is 38.0. The van der Waals surface area contributed by atoms with Gasteiger partial charge in [0.1, 0.15) is 30.0 Å². The maximum atomic E-state index is 14.2. The Hall–Kier alpha value is -7.35. The smallest absolute Gasteiger partial charge is 0.250 e. The fourth-order valence-corrected chi connectivity index (χ4v) is 10.2. The Morgan fingerprint density at radius 2 is 0.941 bits per heavy atom. The van der Waals surface area contributed by atoms with Gasteiger partial charge in [-0.2, -0.15) is 0 Å². The van der Waals surface area contributed by atoms with Gasteiger partial charge in [-0.25, -0.2) is 4.39 Å². The predicted molar refractivity (Wildman–Crippen MR) is 256 cm³/mol. The number of nitrogens with one attached hydrogen (secondary N) is 2. The maximum Gasteiger partial charge on any atom is 0.250 e. The average molecular weight is 918 g/mol. The normalized spacial score (nSPS) is 19.0. The molecule has 0 bridgehead atoms. The number of benzene rings is 5. The summed E-state index contributed by atoms with van der Waals surface area (Å²) in [6, 6.07) is 37.0. The molecule has 4 fully saturated rings. The minimum absolute atomic E-state index is 0.0565.